The Bertz CT molecular complexity index is 898. The summed E-state index contributed by atoms with van der Waals surface area (Å²) in [6, 6.07) is 17.8. The van der Waals surface area contributed by atoms with Crippen LogP contribution in [0.5, 0.6) is 0 Å². The maximum atomic E-state index is 12.2. The number of carbonyl (C=O) groups excluding carboxylic acids is 1. The molecule has 1 amide bonds. The highest BCUT2D eigenvalue weighted by molar-refractivity contribution is 5.89. The van der Waals surface area contributed by atoms with Gasteiger partial charge in [0.1, 0.15) is 0 Å². The molecule has 1 aliphatic heterocycles. The molecule has 2 heterocycles. The van der Waals surface area contributed by atoms with Crippen molar-refractivity contribution in [3.05, 3.63) is 66.1 Å². The van der Waals surface area contributed by atoms with Crippen molar-refractivity contribution in [2.24, 2.45) is 0 Å². The smallest absolute Gasteiger partial charge is 0.316 e. The number of carbonyl (C=O) groups is 1. The molecule has 0 unspecified atom stereocenters. The molecular weight excluding hydrogens is 352 g/mol. The summed E-state index contributed by atoms with van der Waals surface area (Å²) in [5.41, 5.74) is 3.07. The Balaban J connectivity index is 1.40. The Hall–Kier alpha value is -3.15. The zero-order chi connectivity index (χ0) is 19.2. The van der Waals surface area contributed by atoms with Crippen molar-refractivity contribution >= 4 is 11.6 Å². The molecule has 1 fully saturated rings. The third kappa shape index (κ3) is 4.39. The first-order valence-electron chi connectivity index (χ1n) is 9.81. The lowest BCUT2D eigenvalue weighted by molar-refractivity contribution is 0.0907. The lowest BCUT2D eigenvalue weighted by atomic mass is 10.2. The van der Waals surface area contributed by atoms with E-state index in [1.54, 1.807) is 0 Å². The van der Waals surface area contributed by atoms with Crippen LogP contribution in [0.15, 0.2) is 59.1 Å². The summed E-state index contributed by atoms with van der Waals surface area (Å²) in [6.45, 7) is 2.63. The molecule has 0 radical (unpaired) electrons. The van der Waals surface area contributed by atoms with Crippen LogP contribution in [0.1, 0.15) is 41.9 Å². The molecule has 2 aromatic carbocycles. The summed E-state index contributed by atoms with van der Waals surface area (Å²) in [4.78, 5) is 18.9. The predicted octanol–water partition coefficient (Wildman–Crippen LogP) is 4.05. The van der Waals surface area contributed by atoms with Gasteiger partial charge in [-0.25, -0.2) is 0 Å². The van der Waals surface area contributed by atoms with Crippen LogP contribution in [-0.2, 0) is 6.54 Å². The van der Waals surface area contributed by atoms with Gasteiger partial charge in [0.15, 0.2) is 0 Å². The normalized spacial score (nSPS) is 14.5. The fourth-order valence-corrected chi connectivity index (χ4v) is 3.44. The molecule has 0 bridgehead atoms. The van der Waals surface area contributed by atoms with E-state index in [0.717, 1.165) is 24.2 Å². The molecule has 6 heteroatoms. The Kier molecular flexibility index (Phi) is 5.66. The Morgan fingerprint density at radius 3 is 2.39 bits per heavy atom. The van der Waals surface area contributed by atoms with Gasteiger partial charge in [-0.05, 0) is 42.7 Å². The van der Waals surface area contributed by atoms with Crippen LogP contribution < -0.4 is 10.2 Å². The highest BCUT2D eigenvalue weighted by Gasteiger charge is 2.16. The van der Waals surface area contributed by atoms with Gasteiger partial charge < -0.3 is 14.7 Å². The topological polar surface area (TPSA) is 71.3 Å². The van der Waals surface area contributed by atoms with Crippen molar-refractivity contribution in [1.29, 1.82) is 0 Å². The maximum Gasteiger partial charge on any atom is 0.316 e. The second-order valence-electron chi connectivity index (χ2n) is 7.04. The van der Waals surface area contributed by atoms with E-state index in [4.69, 9.17) is 4.52 Å². The van der Waals surface area contributed by atoms with Gasteiger partial charge in [0.2, 0.25) is 5.82 Å². The van der Waals surface area contributed by atoms with Gasteiger partial charge in [-0.2, -0.15) is 4.98 Å². The molecule has 0 aliphatic carbocycles. The molecule has 1 N–H and O–H groups in total. The summed E-state index contributed by atoms with van der Waals surface area (Å²) < 4.78 is 5.15. The third-order valence-electron chi connectivity index (χ3n) is 5.01. The van der Waals surface area contributed by atoms with E-state index in [9.17, 15) is 4.79 Å². The quantitative estimate of drug-likeness (QED) is 0.727. The molecule has 0 atom stereocenters. The van der Waals surface area contributed by atoms with Crippen molar-refractivity contribution in [2.75, 3.05) is 18.0 Å². The summed E-state index contributed by atoms with van der Waals surface area (Å²) in [6.07, 6.45) is 5.11. The van der Waals surface area contributed by atoms with Crippen molar-refractivity contribution in [2.45, 2.75) is 32.2 Å². The van der Waals surface area contributed by atoms with E-state index in [0.29, 0.717) is 12.4 Å². The number of hydrogen-bond donors (Lipinski definition) is 1. The van der Waals surface area contributed by atoms with Crippen molar-refractivity contribution < 1.29 is 9.32 Å². The van der Waals surface area contributed by atoms with E-state index in [1.807, 2.05) is 42.5 Å². The Labute approximate surface area is 164 Å². The fourth-order valence-electron chi connectivity index (χ4n) is 3.44. The van der Waals surface area contributed by atoms with Crippen LogP contribution in [0.25, 0.3) is 11.4 Å². The second kappa shape index (κ2) is 8.69. The number of benzene rings is 2. The largest absolute Gasteiger partial charge is 0.372 e. The monoisotopic (exact) mass is 376 g/mol. The number of rotatable bonds is 5. The molecular formula is C22H24N4O2. The SMILES string of the molecule is O=C(NCc1ccccc1)c1nc(-c2ccc(N3CCCCCC3)cc2)no1. The Morgan fingerprint density at radius 1 is 0.964 bits per heavy atom. The molecule has 28 heavy (non-hydrogen) atoms. The van der Waals surface area contributed by atoms with Gasteiger partial charge in [0.05, 0.1) is 0 Å². The van der Waals surface area contributed by atoms with Crippen LogP contribution in [-0.4, -0.2) is 29.1 Å². The second-order valence-corrected chi connectivity index (χ2v) is 7.04. The highest BCUT2D eigenvalue weighted by Crippen LogP contribution is 2.23. The van der Waals surface area contributed by atoms with Gasteiger partial charge in [0, 0.05) is 30.9 Å². The minimum absolute atomic E-state index is 0.0254. The molecule has 0 saturated carbocycles. The van der Waals surface area contributed by atoms with E-state index in [1.165, 1.54) is 31.4 Å². The lowest BCUT2D eigenvalue weighted by Crippen LogP contribution is -2.23. The van der Waals surface area contributed by atoms with Crippen LogP contribution in [0, 0.1) is 0 Å². The minimum atomic E-state index is -0.371. The Morgan fingerprint density at radius 2 is 1.68 bits per heavy atom. The first-order chi connectivity index (χ1) is 13.8. The van der Waals surface area contributed by atoms with E-state index < -0.39 is 0 Å². The molecule has 144 valence electrons. The fraction of sp³-hybridized carbons (Fsp3) is 0.318. The molecule has 4 rings (SSSR count). The van der Waals surface area contributed by atoms with E-state index >= 15 is 0 Å². The molecule has 0 spiro atoms. The zero-order valence-electron chi connectivity index (χ0n) is 15.8. The molecule has 1 aliphatic rings. The van der Waals surface area contributed by atoms with Crippen LogP contribution in [0.4, 0.5) is 5.69 Å². The van der Waals surface area contributed by atoms with Crippen molar-refractivity contribution in [1.82, 2.24) is 15.5 Å². The van der Waals surface area contributed by atoms with Gasteiger partial charge in [-0.3, -0.25) is 4.79 Å². The van der Waals surface area contributed by atoms with Gasteiger partial charge in [-0.15, -0.1) is 0 Å². The average molecular weight is 376 g/mol. The predicted molar refractivity (Wildman–Crippen MR) is 108 cm³/mol. The van der Waals surface area contributed by atoms with E-state index in [-0.39, 0.29) is 11.8 Å². The van der Waals surface area contributed by atoms with Crippen LogP contribution in [0.2, 0.25) is 0 Å². The summed E-state index contributed by atoms with van der Waals surface area (Å²) in [5, 5.41) is 6.76. The molecule has 6 nitrogen and oxygen atoms in total. The summed E-state index contributed by atoms with van der Waals surface area (Å²) >= 11 is 0. The average Bonchev–Trinajstić information content (AvgIpc) is 3.09. The third-order valence-corrected chi connectivity index (χ3v) is 5.01. The summed E-state index contributed by atoms with van der Waals surface area (Å²) in [5.74, 6) is 0.0265. The molecule has 1 saturated heterocycles. The maximum absolute atomic E-state index is 12.2. The number of amides is 1. The van der Waals surface area contributed by atoms with Crippen molar-refractivity contribution in [3.8, 4) is 11.4 Å². The molecule has 1 aromatic heterocycles. The van der Waals surface area contributed by atoms with Gasteiger partial charge >= 0.3 is 11.8 Å². The molecule has 3 aromatic rings. The number of hydrogen-bond acceptors (Lipinski definition) is 5. The lowest BCUT2D eigenvalue weighted by Gasteiger charge is -2.22. The number of nitrogens with zero attached hydrogens (tertiary/aromatic N) is 3. The highest BCUT2D eigenvalue weighted by atomic mass is 16.5. The van der Waals surface area contributed by atoms with Crippen molar-refractivity contribution in [3.63, 3.8) is 0 Å². The standard InChI is InChI=1S/C22H24N4O2/c27-21(23-16-17-8-4-3-5-9-17)22-24-20(25-28-22)18-10-12-19(13-11-18)26-14-6-1-2-7-15-26/h3-5,8-13H,1-2,6-7,14-16H2,(H,23,27). The summed E-state index contributed by atoms with van der Waals surface area (Å²) in [7, 11) is 0. The number of nitrogens with one attached hydrogen (secondary N) is 1. The minimum Gasteiger partial charge on any atom is -0.372 e. The van der Waals surface area contributed by atoms with E-state index in [2.05, 4.69) is 32.5 Å². The first-order valence-corrected chi connectivity index (χ1v) is 9.81. The van der Waals surface area contributed by atoms with Crippen LogP contribution >= 0.6 is 0 Å². The number of anilines is 1. The zero-order valence-corrected chi connectivity index (χ0v) is 15.8. The van der Waals surface area contributed by atoms with Gasteiger partial charge in [0.25, 0.3) is 0 Å². The van der Waals surface area contributed by atoms with Gasteiger partial charge in [-0.1, -0.05) is 48.3 Å². The number of aromatic nitrogens is 2. The first kappa shape index (κ1) is 18.2. The van der Waals surface area contributed by atoms with Crippen LogP contribution in [0.3, 0.4) is 0 Å².